The van der Waals surface area contributed by atoms with Crippen LogP contribution in [-0.4, -0.2) is 42.4 Å². The van der Waals surface area contributed by atoms with Crippen LogP contribution in [-0.2, 0) is 16.1 Å². The summed E-state index contributed by atoms with van der Waals surface area (Å²) in [7, 11) is 0. The highest BCUT2D eigenvalue weighted by Crippen LogP contribution is 2.22. The fourth-order valence-corrected chi connectivity index (χ4v) is 3.94. The van der Waals surface area contributed by atoms with Crippen molar-refractivity contribution in [1.82, 2.24) is 10.2 Å². The number of hydrogen-bond donors (Lipinski definition) is 1. The molecule has 2 saturated heterocycles. The van der Waals surface area contributed by atoms with Gasteiger partial charge in [-0.05, 0) is 56.5 Å². The summed E-state index contributed by atoms with van der Waals surface area (Å²) in [5.41, 5.74) is 2.03. The van der Waals surface area contributed by atoms with E-state index in [1.807, 2.05) is 29.2 Å². The normalized spacial score (nSPS) is 21.2. The summed E-state index contributed by atoms with van der Waals surface area (Å²) in [5, 5.41) is 3.11. The van der Waals surface area contributed by atoms with Crippen LogP contribution in [0.5, 0.6) is 0 Å². The van der Waals surface area contributed by atoms with Crippen molar-refractivity contribution in [3.8, 4) is 0 Å². The Balaban J connectivity index is 1.52. The molecule has 0 aliphatic carbocycles. The largest absolute Gasteiger partial charge is 0.351 e. The number of anilines is 1. The first kappa shape index (κ1) is 18.9. The number of carbonyl (C=O) groups is 2. The van der Waals surface area contributed by atoms with Crippen LogP contribution in [0.15, 0.2) is 24.3 Å². The second kappa shape index (κ2) is 9.17. The summed E-state index contributed by atoms with van der Waals surface area (Å²) in [6.45, 7) is 5.61. The number of benzene rings is 1. The molecule has 0 bridgehead atoms. The third-order valence-electron chi connectivity index (χ3n) is 5.50. The third-order valence-corrected chi connectivity index (χ3v) is 5.50. The molecule has 0 radical (unpaired) electrons. The Morgan fingerprint density at radius 2 is 1.96 bits per heavy atom. The standard InChI is InChI=1S/C21H31N3O2/c1-2-3-13-23-14-5-4-7-19(23)21(26)22-16-17-9-11-18(12-10-17)24-15-6-8-20(24)25/h9-12,19H,2-8,13-16H2,1H3,(H,22,26)/t19-/m1/s1. The number of nitrogens with zero attached hydrogens (tertiary/aromatic N) is 2. The van der Waals surface area contributed by atoms with E-state index in [4.69, 9.17) is 0 Å². The quantitative estimate of drug-likeness (QED) is 0.816. The maximum absolute atomic E-state index is 12.7. The molecule has 1 atom stereocenters. The van der Waals surface area contributed by atoms with Crippen LogP contribution in [0, 0.1) is 0 Å². The highest BCUT2D eigenvalue weighted by molar-refractivity contribution is 5.95. The first-order valence-electron chi connectivity index (χ1n) is 10.1. The van der Waals surface area contributed by atoms with E-state index in [0.29, 0.717) is 13.0 Å². The molecule has 26 heavy (non-hydrogen) atoms. The lowest BCUT2D eigenvalue weighted by Crippen LogP contribution is -2.49. The Kier molecular flexibility index (Phi) is 6.67. The van der Waals surface area contributed by atoms with Gasteiger partial charge in [-0.1, -0.05) is 31.9 Å². The second-order valence-corrected chi connectivity index (χ2v) is 7.43. The van der Waals surface area contributed by atoms with Crippen LogP contribution >= 0.6 is 0 Å². The van der Waals surface area contributed by atoms with Gasteiger partial charge in [-0.25, -0.2) is 0 Å². The molecular weight excluding hydrogens is 326 g/mol. The van der Waals surface area contributed by atoms with Gasteiger partial charge in [0.2, 0.25) is 11.8 Å². The van der Waals surface area contributed by atoms with E-state index < -0.39 is 0 Å². The predicted octanol–water partition coefficient (Wildman–Crippen LogP) is 3.08. The molecule has 2 fully saturated rings. The molecule has 2 heterocycles. The van der Waals surface area contributed by atoms with E-state index in [0.717, 1.165) is 63.0 Å². The van der Waals surface area contributed by atoms with Gasteiger partial charge >= 0.3 is 0 Å². The van der Waals surface area contributed by atoms with Gasteiger partial charge in [-0.3, -0.25) is 14.5 Å². The Hall–Kier alpha value is -1.88. The lowest BCUT2D eigenvalue weighted by molar-refractivity contribution is -0.127. The van der Waals surface area contributed by atoms with Crippen LogP contribution in [0.25, 0.3) is 0 Å². The number of unbranched alkanes of at least 4 members (excludes halogenated alkanes) is 1. The van der Waals surface area contributed by atoms with Crippen molar-refractivity contribution in [2.45, 2.75) is 64.5 Å². The van der Waals surface area contributed by atoms with E-state index in [-0.39, 0.29) is 17.9 Å². The average Bonchev–Trinajstić information content (AvgIpc) is 3.11. The number of likely N-dealkylation sites (tertiary alicyclic amines) is 1. The monoisotopic (exact) mass is 357 g/mol. The molecule has 1 N–H and O–H groups in total. The Bertz CT molecular complexity index is 614. The van der Waals surface area contributed by atoms with Crippen molar-refractivity contribution >= 4 is 17.5 Å². The first-order valence-corrected chi connectivity index (χ1v) is 10.1. The van der Waals surface area contributed by atoms with Gasteiger partial charge in [0.05, 0.1) is 6.04 Å². The number of carbonyl (C=O) groups excluding carboxylic acids is 2. The molecule has 5 nitrogen and oxygen atoms in total. The lowest BCUT2D eigenvalue weighted by Gasteiger charge is -2.34. The molecule has 0 unspecified atom stereocenters. The van der Waals surface area contributed by atoms with Crippen molar-refractivity contribution < 1.29 is 9.59 Å². The first-order chi connectivity index (χ1) is 12.7. The summed E-state index contributed by atoms with van der Waals surface area (Å²) in [6, 6.07) is 8.02. The zero-order chi connectivity index (χ0) is 18.4. The van der Waals surface area contributed by atoms with Crippen LogP contribution in [0.1, 0.15) is 57.4 Å². The summed E-state index contributed by atoms with van der Waals surface area (Å²) >= 11 is 0. The van der Waals surface area contributed by atoms with Crippen LogP contribution < -0.4 is 10.2 Å². The minimum atomic E-state index is 0.0248. The third kappa shape index (κ3) is 4.64. The Morgan fingerprint density at radius 3 is 2.65 bits per heavy atom. The summed E-state index contributed by atoms with van der Waals surface area (Å²) in [6.07, 6.45) is 7.20. The van der Waals surface area contributed by atoms with Gasteiger partial charge in [0, 0.05) is 25.2 Å². The van der Waals surface area contributed by atoms with Gasteiger partial charge in [0.25, 0.3) is 0 Å². The van der Waals surface area contributed by atoms with Crippen LogP contribution in [0.2, 0.25) is 0 Å². The lowest BCUT2D eigenvalue weighted by atomic mass is 10.0. The SMILES string of the molecule is CCCCN1CCCC[C@@H]1C(=O)NCc1ccc(N2CCCC2=O)cc1. The summed E-state index contributed by atoms with van der Waals surface area (Å²) in [4.78, 5) is 28.7. The molecular formula is C21H31N3O2. The van der Waals surface area contributed by atoms with Gasteiger partial charge in [0.15, 0.2) is 0 Å². The molecule has 142 valence electrons. The van der Waals surface area contributed by atoms with Crippen LogP contribution in [0.3, 0.4) is 0 Å². The number of nitrogens with one attached hydrogen (secondary N) is 1. The van der Waals surface area contributed by atoms with Gasteiger partial charge < -0.3 is 10.2 Å². The van der Waals surface area contributed by atoms with Crippen molar-refractivity contribution in [3.05, 3.63) is 29.8 Å². The van der Waals surface area contributed by atoms with Crippen molar-refractivity contribution in [2.75, 3.05) is 24.5 Å². The van der Waals surface area contributed by atoms with Gasteiger partial charge in [0.1, 0.15) is 0 Å². The maximum Gasteiger partial charge on any atom is 0.237 e. The topological polar surface area (TPSA) is 52.7 Å². The van der Waals surface area contributed by atoms with Crippen LogP contribution in [0.4, 0.5) is 5.69 Å². The Labute approximate surface area is 156 Å². The van der Waals surface area contributed by atoms with Crippen molar-refractivity contribution in [1.29, 1.82) is 0 Å². The number of rotatable bonds is 7. The molecule has 0 aromatic heterocycles. The molecule has 1 aromatic rings. The van der Waals surface area contributed by atoms with E-state index >= 15 is 0 Å². The molecule has 5 heteroatoms. The zero-order valence-corrected chi connectivity index (χ0v) is 15.9. The summed E-state index contributed by atoms with van der Waals surface area (Å²) in [5.74, 6) is 0.357. The second-order valence-electron chi connectivity index (χ2n) is 7.43. The smallest absolute Gasteiger partial charge is 0.237 e. The molecule has 2 amide bonds. The fraction of sp³-hybridized carbons (Fsp3) is 0.619. The van der Waals surface area contributed by atoms with Crippen molar-refractivity contribution in [3.63, 3.8) is 0 Å². The molecule has 2 aliphatic rings. The number of amides is 2. The molecule has 2 aliphatic heterocycles. The molecule has 1 aromatic carbocycles. The highest BCUT2D eigenvalue weighted by atomic mass is 16.2. The fourth-order valence-electron chi connectivity index (χ4n) is 3.94. The molecule has 3 rings (SSSR count). The zero-order valence-electron chi connectivity index (χ0n) is 15.9. The molecule has 0 saturated carbocycles. The van der Waals surface area contributed by atoms with Gasteiger partial charge in [-0.2, -0.15) is 0 Å². The maximum atomic E-state index is 12.7. The van der Waals surface area contributed by atoms with Crippen molar-refractivity contribution in [2.24, 2.45) is 0 Å². The Morgan fingerprint density at radius 1 is 1.15 bits per heavy atom. The van der Waals surface area contributed by atoms with E-state index in [1.54, 1.807) is 0 Å². The van der Waals surface area contributed by atoms with E-state index in [2.05, 4.69) is 17.1 Å². The minimum Gasteiger partial charge on any atom is -0.351 e. The van der Waals surface area contributed by atoms with E-state index in [1.165, 1.54) is 6.42 Å². The predicted molar refractivity (Wildman–Crippen MR) is 104 cm³/mol. The number of hydrogen-bond acceptors (Lipinski definition) is 3. The number of piperidine rings is 1. The average molecular weight is 357 g/mol. The molecule has 0 spiro atoms. The van der Waals surface area contributed by atoms with E-state index in [9.17, 15) is 9.59 Å². The highest BCUT2D eigenvalue weighted by Gasteiger charge is 2.28. The summed E-state index contributed by atoms with van der Waals surface area (Å²) < 4.78 is 0. The van der Waals surface area contributed by atoms with Gasteiger partial charge in [-0.15, -0.1) is 0 Å². The minimum absolute atomic E-state index is 0.0248.